The standard InChI is InChI=1S/C7H3ClF3IO/c8-4-2-1-3-5(12)6(4)13-7(9,10)11/h1-3H. The van der Waals surface area contributed by atoms with Crippen molar-refractivity contribution in [2.45, 2.75) is 6.36 Å². The van der Waals surface area contributed by atoms with Crippen LogP contribution in [0.2, 0.25) is 5.02 Å². The van der Waals surface area contributed by atoms with Crippen molar-refractivity contribution in [1.29, 1.82) is 0 Å². The number of para-hydroxylation sites is 1. The number of alkyl halides is 3. The van der Waals surface area contributed by atoms with Gasteiger partial charge < -0.3 is 4.74 Å². The highest BCUT2D eigenvalue weighted by Gasteiger charge is 2.32. The molecular formula is C7H3ClF3IO. The van der Waals surface area contributed by atoms with Gasteiger partial charge >= 0.3 is 6.36 Å². The quantitative estimate of drug-likeness (QED) is 0.714. The molecule has 0 aromatic heterocycles. The molecule has 1 aromatic carbocycles. The maximum atomic E-state index is 11.8. The Morgan fingerprint density at radius 1 is 1.31 bits per heavy atom. The largest absolute Gasteiger partial charge is 0.573 e. The summed E-state index contributed by atoms with van der Waals surface area (Å²) >= 11 is 7.22. The molecule has 0 spiro atoms. The minimum atomic E-state index is -4.70. The van der Waals surface area contributed by atoms with E-state index in [-0.39, 0.29) is 10.8 Å². The van der Waals surface area contributed by atoms with E-state index < -0.39 is 6.36 Å². The fourth-order valence-corrected chi connectivity index (χ4v) is 1.68. The van der Waals surface area contributed by atoms with E-state index >= 15 is 0 Å². The Morgan fingerprint density at radius 2 is 1.92 bits per heavy atom. The van der Waals surface area contributed by atoms with Gasteiger partial charge in [-0.25, -0.2) is 0 Å². The Kier molecular flexibility index (Phi) is 3.28. The summed E-state index contributed by atoms with van der Waals surface area (Å²) < 4.78 is 39.5. The summed E-state index contributed by atoms with van der Waals surface area (Å²) in [6.45, 7) is 0. The van der Waals surface area contributed by atoms with E-state index in [0.29, 0.717) is 3.57 Å². The zero-order chi connectivity index (χ0) is 10.1. The summed E-state index contributed by atoms with van der Waals surface area (Å²) in [6, 6.07) is 4.37. The summed E-state index contributed by atoms with van der Waals surface area (Å²) in [5, 5.41) is -0.0516. The normalized spacial score (nSPS) is 11.5. The van der Waals surface area contributed by atoms with Gasteiger partial charge in [0.2, 0.25) is 0 Å². The van der Waals surface area contributed by atoms with Crippen LogP contribution in [-0.2, 0) is 0 Å². The molecule has 0 heterocycles. The SMILES string of the molecule is FC(F)(F)Oc1c(Cl)cccc1I. The van der Waals surface area contributed by atoms with E-state index in [4.69, 9.17) is 11.6 Å². The van der Waals surface area contributed by atoms with Crippen LogP contribution in [0.25, 0.3) is 0 Å². The van der Waals surface area contributed by atoms with E-state index in [2.05, 4.69) is 4.74 Å². The van der Waals surface area contributed by atoms with Gasteiger partial charge in [-0.05, 0) is 34.7 Å². The van der Waals surface area contributed by atoms with Crippen LogP contribution in [0.3, 0.4) is 0 Å². The van der Waals surface area contributed by atoms with Gasteiger partial charge in [0, 0.05) is 0 Å². The highest BCUT2D eigenvalue weighted by atomic mass is 127. The van der Waals surface area contributed by atoms with Crippen LogP contribution in [0.15, 0.2) is 18.2 Å². The van der Waals surface area contributed by atoms with Crippen LogP contribution in [0.4, 0.5) is 13.2 Å². The predicted molar refractivity (Wildman–Crippen MR) is 50.9 cm³/mol. The Bertz CT molecular complexity index is 293. The molecule has 6 heteroatoms. The highest BCUT2D eigenvalue weighted by molar-refractivity contribution is 14.1. The number of benzene rings is 1. The number of hydrogen-bond donors (Lipinski definition) is 0. The van der Waals surface area contributed by atoms with Gasteiger partial charge in [0.1, 0.15) is 0 Å². The number of halogens is 5. The average Bonchev–Trinajstić information content (AvgIpc) is 1.95. The first-order valence-electron chi connectivity index (χ1n) is 3.10. The molecule has 0 unspecified atom stereocenters. The van der Waals surface area contributed by atoms with Gasteiger partial charge in [-0.2, -0.15) is 0 Å². The maximum absolute atomic E-state index is 11.8. The third-order valence-electron chi connectivity index (χ3n) is 1.14. The molecule has 0 saturated heterocycles. The first-order chi connectivity index (χ1) is 5.90. The lowest BCUT2D eigenvalue weighted by Crippen LogP contribution is -2.18. The van der Waals surface area contributed by atoms with Crippen LogP contribution >= 0.6 is 34.2 Å². The summed E-state index contributed by atoms with van der Waals surface area (Å²) in [6.07, 6.45) is -4.70. The molecule has 1 aromatic rings. The van der Waals surface area contributed by atoms with E-state index in [1.165, 1.54) is 12.1 Å². The average molecular weight is 322 g/mol. The Labute approximate surface area is 91.0 Å². The second-order valence-electron chi connectivity index (χ2n) is 2.10. The molecule has 0 radical (unpaired) electrons. The Hall–Kier alpha value is -0.170. The highest BCUT2D eigenvalue weighted by Crippen LogP contribution is 2.33. The minimum absolute atomic E-state index is 0.0516. The topological polar surface area (TPSA) is 9.23 Å². The molecule has 1 rings (SSSR count). The molecule has 0 aliphatic rings. The fraction of sp³-hybridized carbons (Fsp3) is 0.143. The fourth-order valence-electron chi connectivity index (χ4n) is 0.696. The van der Waals surface area contributed by atoms with E-state index in [9.17, 15) is 13.2 Å². The summed E-state index contributed by atoms with van der Waals surface area (Å²) in [5.74, 6) is -0.350. The number of ether oxygens (including phenoxy) is 1. The lowest BCUT2D eigenvalue weighted by atomic mass is 10.3. The van der Waals surface area contributed by atoms with Crippen molar-refractivity contribution in [3.05, 3.63) is 26.8 Å². The molecule has 72 valence electrons. The summed E-state index contributed by atoms with van der Waals surface area (Å²) in [7, 11) is 0. The molecular weight excluding hydrogens is 319 g/mol. The Balaban J connectivity index is 3.00. The smallest absolute Gasteiger partial charge is 0.403 e. The van der Waals surface area contributed by atoms with Crippen LogP contribution < -0.4 is 4.74 Å². The predicted octanol–water partition coefficient (Wildman–Crippen LogP) is 3.84. The van der Waals surface area contributed by atoms with Gasteiger partial charge in [-0.3, -0.25) is 0 Å². The Morgan fingerprint density at radius 3 is 2.38 bits per heavy atom. The first-order valence-corrected chi connectivity index (χ1v) is 4.55. The van der Waals surface area contributed by atoms with Crippen molar-refractivity contribution in [1.82, 2.24) is 0 Å². The maximum Gasteiger partial charge on any atom is 0.573 e. The summed E-state index contributed by atoms with van der Waals surface area (Å²) in [5.41, 5.74) is 0. The lowest BCUT2D eigenvalue weighted by molar-refractivity contribution is -0.274. The van der Waals surface area contributed by atoms with Crippen LogP contribution in [0.1, 0.15) is 0 Å². The molecule has 0 fully saturated rings. The van der Waals surface area contributed by atoms with E-state index in [0.717, 1.165) is 0 Å². The van der Waals surface area contributed by atoms with Crippen molar-refractivity contribution in [2.24, 2.45) is 0 Å². The van der Waals surface area contributed by atoms with Gasteiger partial charge in [-0.1, -0.05) is 17.7 Å². The van der Waals surface area contributed by atoms with Crippen LogP contribution in [-0.4, -0.2) is 6.36 Å². The zero-order valence-corrected chi connectivity index (χ0v) is 8.94. The second kappa shape index (κ2) is 3.91. The number of rotatable bonds is 1. The van der Waals surface area contributed by atoms with Crippen molar-refractivity contribution in [3.8, 4) is 5.75 Å². The monoisotopic (exact) mass is 322 g/mol. The zero-order valence-electron chi connectivity index (χ0n) is 6.03. The van der Waals surface area contributed by atoms with Crippen molar-refractivity contribution >= 4 is 34.2 Å². The third-order valence-corrected chi connectivity index (χ3v) is 2.28. The second-order valence-corrected chi connectivity index (χ2v) is 3.67. The van der Waals surface area contributed by atoms with E-state index in [1.54, 1.807) is 28.7 Å². The van der Waals surface area contributed by atoms with Crippen LogP contribution in [0.5, 0.6) is 5.75 Å². The summed E-state index contributed by atoms with van der Waals surface area (Å²) in [4.78, 5) is 0. The van der Waals surface area contributed by atoms with Crippen molar-refractivity contribution in [3.63, 3.8) is 0 Å². The minimum Gasteiger partial charge on any atom is -0.403 e. The molecule has 0 aliphatic carbocycles. The van der Waals surface area contributed by atoms with Crippen molar-refractivity contribution < 1.29 is 17.9 Å². The first kappa shape index (κ1) is 10.9. The third kappa shape index (κ3) is 3.22. The lowest BCUT2D eigenvalue weighted by Gasteiger charge is -2.11. The molecule has 0 aliphatic heterocycles. The van der Waals surface area contributed by atoms with E-state index in [1.807, 2.05) is 0 Å². The molecule has 0 bridgehead atoms. The molecule has 0 N–H and O–H groups in total. The van der Waals surface area contributed by atoms with Gasteiger partial charge in [0.25, 0.3) is 0 Å². The molecule has 1 nitrogen and oxygen atoms in total. The number of hydrogen-bond acceptors (Lipinski definition) is 1. The van der Waals surface area contributed by atoms with Gasteiger partial charge in [-0.15, -0.1) is 13.2 Å². The van der Waals surface area contributed by atoms with Gasteiger partial charge in [0.15, 0.2) is 5.75 Å². The van der Waals surface area contributed by atoms with Crippen LogP contribution in [0, 0.1) is 3.57 Å². The van der Waals surface area contributed by atoms with Gasteiger partial charge in [0.05, 0.1) is 8.59 Å². The van der Waals surface area contributed by atoms with Crippen molar-refractivity contribution in [2.75, 3.05) is 0 Å². The molecule has 0 amide bonds. The molecule has 0 atom stereocenters. The molecule has 13 heavy (non-hydrogen) atoms. The molecule has 0 saturated carbocycles.